The van der Waals surface area contributed by atoms with Gasteiger partial charge in [-0.25, -0.2) is 0 Å². The van der Waals surface area contributed by atoms with E-state index in [1.165, 1.54) is 0 Å². The van der Waals surface area contributed by atoms with E-state index in [0.29, 0.717) is 0 Å². The molecule has 1 aromatic carbocycles. The fourth-order valence-electron chi connectivity index (χ4n) is 1.85. The van der Waals surface area contributed by atoms with Crippen LogP contribution >= 0.6 is 11.6 Å². The molecule has 2 rings (SSSR count). The Hall–Kier alpha value is -0.930. The van der Waals surface area contributed by atoms with Crippen molar-refractivity contribution in [3.05, 3.63) is 23.2 Å². The van der Waals surface area contributed by atoms with Gasteiger partial charge in [0.25, 0.3) is 0 Å². The van der Waals surface area contributed by atoms with Crippen LogP contribution in [0.15, 0.2) is 18.2 Å². The van der Waals surface area contributed by atoms with Crippen LogP contribution in [-0.2, 0) is 4.74 Å². The highest BCUT2D eigenvalue weighted by Crippen LogP contribution is 2.30. The fourth-order valence-corrected chi connectivity index (χ4v) is 2.20. The van der Waals surface area contributed by atoms with E-state index in [2.05, 4.69) is 18.3 Å². The Kier molecular flexibility index (Phi) is 3.50. The van der Waals surface area contributed by atoms with E-state index in [0.717, 1.165) is 36.2 Å². The quantitative estimate of drug-likeness (QED) is 0.894. The molecule has 3 nitrogen and oxygen atoms in total. The molecule has 94 valence electrons. The van der Waals surface area contributed by atoms with Gasteiger partial charge in [-0.3, -0.25) is 0 Å². The van der Waals surface area contributed by atoms with Crippen molar-refractivity contribution >= 4 is 23.0 Å². The van der Waals surface area contributed by atoms with Gasteiger partial charge in [0.2, 0.25) is 0 Å². The summed E-state index contributed by atoms with van der Waals surface area (Å²) in [4.78, 5) is 2.01. The molecule has 0 spiro atoms. The van der Waals surface area contributed by atoms with Crippen molar-refractivity contribution in [3.8, 4) is 0 Å². The van der Waals surface area contributed by atoms with Gasteiger partial charge in [-0.15, -0.1) is 0 Å². The molecule has 1 fully saturated rings. The van der Waals surface area contributed by atoms with Crippen LogP contribution in [0.4, 0.5) is 11.4 Å². The second kappa shape index (κ2) is 4.75. The maximum absolute atomic E-state index is 6.22. The first-order valence-electron chi connectivity index (χ1n) is 5.79. The summed E-state index contributed by atoms with van der Waals surface area (Å²) in [5.74, 6) is 0. The smallest absolute Gasteiger partial charge is 0.0659 e. The van der Waals surface area contributed by atoms with Crippen molar-refractivity contribution in [2.24, 2.45) is 5.41 Å². The normalized spacial score (nSPS) is 17.4. The average molecular weight is 255 g/mol. The Bertz CT molecular complexity index is 402. The molecule has 0 atom stereocenters. The molecule has 0 aromatic heterocycles. The molecule has 0 bridgehead atoms. The third-order valence-corrected chi connectivity index (χ3v) is 3.35. The molecule has 1 aliphatic rings. The minimum atomic E-state index is 0.271. The van der Waals surface area contributed by atoms with Gasteiger partial charge in [0.15, 0.2) is 0 Å². The molecule has 0 amide bonds. The van der Waals surface area contributed by atoms with Gasteiger partial charge in [-0.05, 0) is 18.2 Å². The monoisotopic (exact) mass is 254 g/mol. The fraction of sp³-hybridized carbons (Fsp3) is 0.538. The molecule has 1 saturated heterocycles. The summed E-state index contributed by atoms with van der Waals surface area (Å²) in [5, 5.41) is 4.18. The molecular weight excluding hydrogens is 236 g/mol. The second-order valence-electron chi connectivity index (χ2n) is 5.22. The number of ether oxygens (including phenoxy) is 1. The second-order valence-corrected chi connectivity index (χ2v) is 5.62. The van der Waals surface area contributed by atoms with Crippen LogP contribution in [0.3, 0.4) is 0 Å². The molecule has 0 unspecified atom stereocenters. The first-order valence-corrected chi connectivity index (χ1v) is 6.16. The zero-order valence-corrected chi connectivity index (χ0v) is 11.3. The molecular formula is C13H19ClN2O. The topological polar surface area (TPSA) is 24.5 Å². The van der Waals surface area contributed by atoms with E-state index in [9.17, 15) is 0 Å². The lowest BCUT2D eigenvalue weighted by Gasteiger charge is -2.38. The Balaban J connectivity index is 2.00. The molecule has 0 saturated carbocycles. The van der Waals surface area contributed by atoms with Crippen LogP contribution in [-0.4, -0.2) is 33.9 Å². The van der Waals surface area contributed by atoms with Crippen molar-refractivity contribution in [2.45, 2.75) is 6.92 Å². The van der Waals surface area contributed by atoms with Crippen molar-refractivity contribution in [1.82, 2.24) is 0 Å². The van der Waals surface area contributed by atoms with Gasteiger partial charge < -0.3 is 15.0 Å². The third-order valence-electron chi connectivity index (χ3n) is 3.05. The average Bonchev–Trinajstić information content (AvgIpc) is 2.23. The summed E-state index contributed by atoms with van der Waals surface area (Å²) < 4.78 is 5.23. The highest BCUT2D eigenvalue weighted by molar-refractivity contribution is 6.33. The highest BCUT2D eigenvalue weighted by Gasteiger charge is 2.32. The van der Waals surface area contributed by atoms with Crippen molar-refractivity contribution in [2.75, 3.05) is 44.1 Å². The number of benzene rings is 1. The first-order chi connectivity index (χ1) is 8.00. The van der Waals surface area contributed by atoms with Crippen molar-refractivity contribution in [1.29, 1.82) is 0 Å². The maximum Gasteiger partial charge on any atom is 0.0659 e. The summed E-state index contributed by atoms with van der Waals surface area (Å²) in [6, 6.07) is 6.06. The molecule has 1 aromatic rings. The standard InChI is InChI=1S/C13H19ClN2O/c1-13(8-17-9-13)7-15-10-4-5-12(16(2)3)11(14)6-10/h4-6,15H,7-9H2,1-3H3. The van der Waals surface area contributed by atoms with Crippen LogP contribution in [0.2, 0.25) is 5.02 Å². The number of halogens is 1. The Morgan fingerprint density at radius 1 is 1.41 bits per heavy atom. The highest BCUT2D eigenvalue weighted by atomic mass is 35.5. The lowest BCUT2D eigenvalue weighted by Crippen LogP contribution is -2.45. The summed E-state index contributed by atoms with van der Waals surface area (Å²) >= 11 is 6.22. The van der Waals surface area contributed by atoms with Gasteiger partial charge >= 0.3 is 0 Å². The predicted octanol–water partition coefficient (Wildman–Crippen LogP) is 2.85. The Labute approximate surface area is 108 Å². The summed E-state index contributed by atoms with van der Waals surface area (Å²) in [6.07, 6.45) is 0. The number of nitrogens with zero attached hydrogens (tertiary/aromatic N) is 1. The number of nitrogens with one attached hydrogen (secondary N) is 1. The lowest BCUT2D eigenvalue weighted by atomic mass is 9.89. The summed E-state index contributed by atoms with van der Waals surface area (Å²) in [6.45, 7) is 4.82. The van der Waals surface area contributed by atoms with Crippen molar-refractivity contribution < 1.29 is 4.74 Å². The zero-order chi connectivity index (χ0) is 12.5. The van der Waals surface area contributed by atoms with Crippen LogP contribution < -0.4 is 10.2 Å². The number of rotatable bonds is 4. The van der Waals surface area contributed by atoms with E-state index in [1.54, 1.807) is 0 Å². The molecule has 4 heteroatoms. The molecule has 1 aliphatic heterocycles. The van der Waals surface area contributed by atoms with Crippen LogP contribution in [0.5, 0.6) is 0 Å². The SMILES string of the molecule is CN(C)c1ccc(NCC2(C)COC2)cc1Cl. The Morgan fingerprint density at radius 3 is 2.59 bits per heavy atom. The van der Waals surface area contributed by atoms with E-state index < -0.39 is 0 Å². The minimum absolute atomic E-state index is 0.271. The molecule has 0 aliphatic carbocycles. The van der Waals surface area contributed by atoms with Crippen LogP contribution in [0, 0.1) is 5.41 Å². The Morgan fingerprint density at radius 2 is 2.12 bits per heavy atom. The van der Waals surface area contributed by atoms with E-state index >= 15 is 0 Å². The predicted molar refractivity (Wildman–Crippen MR) is 73.2 cm³/mol. The van der Waals surface area contributed by atoms with Gasteiger partial charge in [-0.2, -0.15) is 0 Å². The first kappa shape index (κ1) is 12.5. The van der Waals surface area contributed by atoms with Gasteiger partial charge in [0, 0.05) is 31.7 Å². The van der Waals surface area contributed by atoms with E-state index in [-0.39, 0.29) is 5.41 Å². The third kappa shape index (κ3) is 2.85. The summed E-state index contributed by atoms with van der Waals surface area (Å²) in [5.41, 5.74) is 2.37. The van der Waals surface area contributed by atoms with Crippen molar-refractivity contribution in [3.63, 3.8) is 0 Å². The van der Waals surface area contributed by atoms with Crippen LogP contribution in [0.1, 0.15) is 6.92 Å². The van der Waals surface area contributed by atoms with Gasteiger partial charge in [0.05, 0.1) is 23.9 Å². The molecule has 1 N–H and O–H groups in total. The minimum Gasteiger partial charge on any atom is -0.384 e. The maximum atomic E-state index is 6.22. The zero-order valence-electron chi connectivity index (χ0n) is 10.6. The lowest BCUT2D eigenvalue weighted by molar-refractivity contribution is -0.0924. The van der Waals surface area contributed by atoms with E-state index in [4.69, 9.17) is 16.3 Å². The molecule has 17 heavy (non-hydrogen) atoms. The largest absolute Gasteiger partial charge is 0.384 e. The molecule has 0 radical (unpaired) electrons. The number of hydrogen-bond donors (Lipinski definition) is 1. The van der Waals surface area contributed by atoms with Crippen LogP contribution in [0.25, 0.3) is 0 Å². The summed E-state index contributed by atoms with van der Waals surface area (Å²) in [7, 11) is 3.97. The van der Waals surface area contributed by atoms with E-state index in [1.807, 2.05) is 31.1 Å². The number of hydrogen-bond acceptors (Lipinski definition) is 3. The van der Waals surface area contributed by atoms with Gasteiger partial charge in [0.1, 0.15) is 0 Å². The number of anilines is 2. The molecule has 1 heterocycles. The van der Waals surface area contributed by atoms with Gasteiger partial charge in [-0.1, -0.05) is 18.5 Å².